The van der Waals surface area contributed by atoms with Crippen LogP contribution in [0.4, 0.5) is 5.69 Å². The van der Waals surface area contributed by atoms with E-state index >= 15 is 0 Å². The minimum absolute atomic E-state index is 0.176. The third-order valence-corrected chi connectivity index (χ3v) is 4.72. The van der Waals surface area contributed by atoms with Crippen molar-refractivity contribution in [2.24, 2.45) is 0 Å². The van der Waals surface area contributed by atoms with Gasteiger partial charge < -0.3 is 14.2 Å². The van der Waals surface area contributed by atoms with E-state index in [0.717, 1.165) is 4.90 Å². The van der Waals surface area contributed by atoms with Crippen LogP contribution >= 0.6 is 0 Å². The zero-order chi connectivity index (χ0) is 21.4. The van der Waals surface area contributed by atoms with Crippen LogP contribution in [-0.4, -0.2) is 38.1 Å². The monoisotopic (exact) mass is 410 g/mol. The molecule has 1 atom stereocenters. The molecule has 9 nitrogen and oxygen atoms in total. The van der Waals surface area contributed by atoms with E-state index in [2.05, 4.69) is 5.48 Å². The van der Waals surface area contributed by atoms with E-state index in [4.69, 9.17) is 19.0 Å². The van der Waals surface area contributed by atoms with Gasteiger partial charge in [0, 0.05) is 12.5 Å². The Kier molecular flexibility index (Phi) is 4.88. The minimum Gasteiger partial charge on any atom is -0.493 e. The molecule has 4 rings (SSSR count). The number of ether oxygens (including phenoxy) is 3. The summed E-state index contributed by atoms with van der Waals surface area (Å²) in [6, 6.07) is 11.3. The summed E-state index contributed by atoms with van der Waals surface area (Å²) in [6.07, 6.45) is -1.09. The number of hydroxylamine groups is 1. The van der Waals surface area contributed by atoms with Gasteiger partial charge in [-0.15, -0.1) is 0 Å². The number of rotatable bonds is 5. The van der Waals surface area contributed by atoms with Crippen LogP contribution < -0.4 is 24.6 Å². The van der Waals surface area contributed by atoms with Crippen molar-refractivity contribution in [1.29, 1.82) is 0 Å². The number of fused-ring (bicyclic) bond motifs is 1. The van der Waals surface area contributed by atoms with Crippen LogP contribution in [0.1, 0.15) is 12.5 Å². The maximum absolute atomic E-state index is 13.2. The van der Waals surface area contributed by atoms with E-state index < -0.39 is 23.9 Å². The molecule has 0 bridgehead atoms. The second-order valence-electron chi connectivity index (χ2n) is 6.50. The van der Waals surface area contributed by atoms with E-state index in [0.29, 0.717) is 34.2 Å². The molecular weight excluding hydrogens is 392 g/mol. The fourth-order valence-corrected chi connectivity index (χ4v) is 3.45. The lowest BCUT2D eigenvalue weighted by molar-refractivity contribution is -0.132. The number of carbonyl (C=O) groups is 3. The molecule has 1 saturated heterocycles. The second-order valence-corrected chi connectivity index (χ2v) is 6.50. The zero-order valence-corrected chi connectivity index (χ0v) is 16.4. The van der Waals surface area contributed by atoms with Crippen molar-refractivity contribution in [1.82, 2.24) is 5.48 Å². The van der Waals surface area contributed by atoms with Crippen molar-refractivity contribution >= 4 is 29.2 Å². The van der Waals surface area contributed by atoms with Gasteiger partial charge in [0.25, 0.3) is 11.8 Å². The average molecular weight is 410 g/mol. The lowest BCUT2D eigenvalue weighted by atomic mass is 10.0. The first-order valence-corrected chi connectivity index (χ1v) is 9.00. The third-order valence-electron chi connectivity index (χ3n) is 4.72. The molecule has 154 valence electrons. The number of carbonyl (C=O) groups excluding carboxylic acids is 3. The molecule has 0 unspecified atom stereocenters. The predicted octanol–water partition coefficient (Wildman–Crippen LogP) is 1.82. The van der Waals surface area contributed by atoms with Gasteiger partial charge in [-0.2, -0.15) is 0 Å². The molecular formula is C21H18N2O7. The standard InChI is InChI=1S/C21H18N2O7/c1-11(24)29-13-9-7-12(8-10-13)23-20(25)16-17(22-30-19(16)21(23)26)14-5-4-6-15(27-2)18(14)28-3/h4-10,19,22H,1-3H3/t19-/m1/s1. The van der Waals surface area contributed by atoms with Gasteiger partial charge in [-0.25, -0.2) is 4.90 Å². The normalized spacial score (nSPS) is 17.7. The molecule has 2 aliphatic heterocycles. The van der Waals surface area contributed by atoms with Crippen LogP contribution in [0.25, 0.3) is 5.70 Å². The van der Waals surface area contributed by atoms with E-state index in [9.17, 15) is 14.4 Å². The molecule has 1 N–H and O–H groups in total. The lowest BCUT2D eigenvalue weighted by Crippen LogP contribution is -2.34. The van der Waals surface area contributed by atoms with Gasteiger partial charge >= 0.3 is 5.97 Å². The van der Waals surface area contributed by atoms with E-state index in [1.165, 1.54) is 45.4 Å². The molecule has 2 amide bonds. The summed E-state index contributed by atoms with van der Waals surface area (Å²) in [6.45, 7) is 1.29. The Morgan fingerprint density at radius 2 is 1.80 bits per heavy atom. The molecule has 2 heterocycles. The summed E-state index contributed by atoms with van der Waals surface area (Å²) in [5, 5.41) is 0. The van der Waals surface area contributed by atoms with E-state index in [1.807, 2.05) is 0 Å². The van der Waals surface area contributed by atoms with Crippen molar-refractivity contribution in [2.45, 2.75) is 13.0 Å². The smallest absolute Gasteiger partial charge is 0.308 e. The number of nitrogens with zero attached hydrogens (tertiary/aromatic N) is 1. The zero-order valence-electron chi connectivity index (χ0n) is 16.4. The summed E-state index contributed by atoms with van der Waals surface area (Å²) in [4.78, 5) is 43.6. The molecule has 0 spiro atoms. The van der Waals surface area contributed by atoms with Crippen LogP contribution in [-0.2, 0) is 19.2 Å². The van der Waals surface area contributed by atoms with Crippen LogP contribution in [0.2, 0.25) is 0 Å². The van der Waals surface area contributed by atoms with Crippen molar-refractivity contribution in [3.63, 3.8) is 0 Å². The topological polar surface area (TPSA) is 103 Å². The number of amides is 2. The molecule has 2 aliphatic rings. The van der Waals surface area contributed by atoms with Crippen LogP contribution in [0.3, 0.4) is 0 Å². The fourth-order valence-electron chi connectivity index (χ4n) is 3.45. The number of imide groups is 1. The van der Waals surface area contributed by atoms with Crippen molar-refractivity contribution in [2.75, 3.05) is 19.1 Å². The Morgan fingerprint density at radius 1 is 1.07 bits per heavy atom. The quantitative estimate of drug-likeness (QED) is 0.452. The van der Waals surface area contributed by atoms with Crippen LogP contribution in [0.5, 0.6) is 17.2 Å². The van der Waals surface area contributed by atoms with Crippen LogP contribution in [0, 0.1) is 0 Å². The largest absolute Gasteiger partial charge is 0.493 e. The van der Waals surface area contributed by atoms with Crippen molar-refractivity contribution in [3.8, 4) is 17.2 Å². The molecule has 1 fully saturated rings. The highest BCUT2D eigenvalue weighted by molar-refractivity contribution is 6.33. The first-order valence-electron chi connectivity index (χ1n) is 9.00. The van der Waals surface area contributed by atoms with Crippen LogP contribution in [0.15, 0.2) is 48.0 Å². The molecule has 0 radical (unpaired) electrons. The lowest BCUT2D eigenvalue weighted by Gasteiger charge is -2.17. The maximum Gasteiger partial charge on any atom is 0.308 e. The maximum atomic E-state index is 13.2. The van der Waals surface area contributed by atoms with Gasteiger partial charge in [0.1, 0.15) is 5.75 Å². The second kappa shape index (κ2) is 7.53. The summed E-state index contributed by atoms with van der Waals surface area (Å²) in [7, 11) is 2.99. The SMILES string of the molecule is COc1cccc(C2=C3C(=O)N(c4ccc(OC(C)=O)cc4)C(=O)[C@@H]3ON2)c1OC. The Labute approximate surface area is 171 Å². The Bertz CT molecular complexity index is 1080. The third kappa shape index (κ3) is 3.05. The first-order chi connectivity index (χ1) is 14.5. The molecule has 0 aliphatic carbocycles. The molecule has 0 aromatic heterocycles. The number of benzene rings is 2. The van der Waals surface area contributed by atoms with Gasteiger partial charge in [0.05, 0.1) is 31.2 Å². The van der Waals surface area contributed by atoms with E-state index in [-0.39, 0.29) is 5.57 Å². The van der Waals surface area contributed by atoms with E-state index in [1.54, 1.807) is 18.2 Å². The number of anilines is 1. The molecule has 0 saturated carbocycles. The van der Waals surface area contributed by atoms with Crippen molar-refractivity contribution < 1.29 is 33.4 Å². The Hall–Kier alpha value is -3.85. The number of hydrogen-bond acceptors (Lipinski definition) is 8. The molecule has 2 aromatic rings. The van der Waals surface area contributed by atoms with Gasteiger partial charge in [-0.3, -0.25) is 24.7 Å². The number of methoxy groups -OCH3 is 2. The number of hydrogen-bond donors (Lipinski definition) is 1. The summed E-state index contributed by atoms with van der Waals surface area (Å²) >= 11 is 0. The highest BCUT2D eigenvalue weighted by Gasteiger charge is 2.51. The average Bonchev–Trinajstić information content (AvgIpc) is 3.28. The Balaban J connectivity index is 1.74. The molecule has 2 aromatic carbocycles. The summed E-state index contributed by atoms with van der Waals surface area (Å²) in [5.41, 5.74) is 4.07. The Morgan fingerprint density at radius 3 is 2.43 bits per heavy atom. The number of para-hydroxylation sites is 1. The van der Waals surface area contributed by atoms with Gasteiger partial charge in [-0.05, 0) is 36.4 Å². The molecule has 30 heavy (non-hydrogen) atoms. The predicted molar refractivity (Wildman–Crippen MR) is 105 cm³/mol. The van der Waals surface area contributed by atoms with Gasteiger partial charge in [0.2, 0.25) is 0 Å². The number of esters is 1. The summed E-state index contributed by atoms with van der Waals surface area (Å²) in [5.74, 6) is -0.321. The highest BCUT2D eigenvalue weighted by Crippen LogP contribution is 2.41. The highest BCUT2D eigenvalue weighted by atomic mass is 16.7. The van der Waals surface area contributed by atoms with Crippen molar-refractivity contribution in [3.05, 3.63) is 53.6 Å². The first kappa shape index (κ1) is 19.5. The summed E-state index contributed by atoms with van der Waals surface area (Å²) < 4.78 is 15.7. The fraction of sp³-hybridized carbons (Fsp3) is 0.190. The van der Waals surface area contributed by atoms with Gasteiger partial charge in [0.15, 0.2) is 17.6 Å². The minimum atomic E-state index is -1.09. The van der Waals surface area contributed by atoms with Gasteiger partial charge in [-0.1, -0.05) is 6.07 Å². The number of nitrogens with one attached hydrogen (secondary N) is 1. The molecule has 9 heteroatoms.